The molecule has 9 nitrogen and oxygen atoms in total. The fraction of sp³-hybridized carbons (Fsp3) is 0.611. The Morgan fingerprint density at radius 3 is 2.72 bits per heavy atom. The van der Waals surface area contributed by atoms with E-state index in [1.165, 1.54) is 18.9 Å². The molecule has 4 atom stereocenters. The molecule has 4 fully saturated rings. The Morgan fingerprint density at radius 1 is 1.24 bits per heavy atom. The Bertz CT molecular complexity index is 1590. The van der Waals surface area contributed by atoms with Gasteiger partial charge in [-0.3, -0.25) is 9.48 Å². The molecular weight excluding hydrogens is 581 g/mol. The van der Waals surface area contributed by atoms with Gasteiger partial charge in [0.1, 0.15) is 11.6 Å². The van der Waals surface area contributed by atoms with Gasteiger partial charge in [-0.15, -0.1) is 0 Å². The standard InChI is InChI=1S/C36H48FN7O2/c1-5-31(35-20-36(21-35,22-35)33(45)46)43(4)34-40-29-12-11-25(24-9-6-10-27(37)14-24)15-28(29)32(41-34)39-30(26-16-38-42(3)18-26)19-44-13-7-8-23(2)17-44/h6,9-10,14,16,18,23,25,30-31H,5,7-8,11-13,15,17,19-22H2,1-4H3,(H,45,46)(H,39,40,41)/t23-,25+,30-,31+,35?,36?/m0/s1. The second-order valence-electron chi connectivity index (χ2n) is 15.0. The zero-order chi connectivity index (χ0) is 32.2. The Kier molecular flexibility index (Phi) is 8.06. The van der Waals surface area contributed by atoms with Gasteiger partial charge in [0.2, 0.25) is 5.95 Å². The molecule has 46 heavy (non-hydrogen) atoms. The van der Waals surface area contributed by atoms with Crippen LogP contribution in [-0.2, 0) is 24.7 Å². The summed E-state index contributed by atoms with van der Waals surface area (Å²) in [6.07, 6.45) is 12.1. The van der Waals surface area contributed by atoms with Crippen LogP contribution in [0.4, 0.5) is 16.2 Å². The normalized spacial score (nSPS) is 28.4. The maximum atomic E-state index is 14.3. The SMILES string of the molecule is CC[C@@H](N(C)c1nc2c(c(N[C@@H](CN3CCC[C@H](C)C3)c3cnn(C)c3)n1)C[C@H](c1cccc(F)c1)CC2)C12CC(C(=O)O)(C1)C2. The van der Waals surface area contributed by atoms with Gasteiger partial charge < -0.3 is 20.2 Å². The van der Waals surface area contributed by atoms with Crippen LogP contribution >= 0.6 is 0 Å². The molecule has 3 aromatic rings. The quantitative estimate of drug-likeness (QED) is 0.268. The van der Waals surface area contributed by atoms with Gasteiger partial charge in [0.25, 0.3) is 0 Å². The first-order valence-corrected chi connectivity index (χ1v) is 17.2. The maximum Gasteiger partial charge on any atom is 0.309 e. The number of carbonyl (C=O) groups is 1. The van der Waals surface area contributed by atoms with Gasteiger partial charge in [-0.2, -0.15) is 10.1 Å². The van der Waals surface area contributed by atoms with Gasteiger partial charge in [-0.1, -0.05) is 26.0 Å². The van der Waals surface area contributed by atoms with Crippen LogP contribution in [0.1, 0.15) is 93.1 Å². The molecule has 1 aliphatic heterocycles. The fourth-order valence-electron chi connectivity index (χ4n) is 9.35. The van der Waals surface area contributed by atoms with Gasteiger partial charge in [-0.25, -0.2) is 9.37 Å². The van der Waals surface area contributed by atoms with Crippen LogP contribution in [0.15, 0.2) is 36.7 Å². The number of aryl methyl sites for hydroxylation is 2. The fourth-order valence-corrected chi connectivity index (χ4v) is 9.35. The lowest BCUT2D eigenvalue weighted by Crippen LogP contribution is -2.72. The van der Waals surface area contributed by atoms with Gasteiger partial charge in [-0.05, 0) is 99.3 Å². The highest BCUT2D eigenvalue weighted by Gasteiger charge is 2.74. The van der Waals surface area contributed by atoms with Crippen LogP contribution in [-0.4, -0.2) is 68.4 Å². The topological polar surface area (TPSA) is 99.4 Å². The van der Waals surface area contributed by atoms with E-state index in [1.807, 2.05) is 24.0 Å². The number of aliphatic carboxylic acids is 1. The van der Waals surface area contributed by atoms with E-state index in [4.69, 9.17) is 9.97 Å². The summed E-state index contributed by atoms with van der Waals surface area (Å²) in [5.74, 6) is 1.55. The summed E-state index contributed by atoms with van der Waals surface area (Å²) in [6, 6.07) is 7.17. The summed E-state index contributed by atoms with van der Waals surface area (Å²) < 4.78 is 16.1. The molecule has 5 aliphatic rings. The van der Waals surface area contributed by atoms with E-state index in [1.54, 1.807) is 12.1 Å². The summed E-state index contributed by atoms with van der Waals surface area (Å²) in [7, 11) is 4.04. The molecule has 0 amide bonds. The third-order valence-electron chi connectivity index (χ3n) is 11.6. The lowest BCUT2D eigenvalue weighted by Gasteiger charge is -2.71. The molecule has 0 unspecified atom stereocenters. The zero-order valence-electron chi connectivity index (χ0n) is 27.7. The monoisotopic (exact) mass is 629 g/mol. The number of rotatable bonds is 11. The molecule has 2 N–H and O–H groups in total. The maximum absolute atomic E-state index is 14.3. The highest BCUT2D eigenvalue weighted by atomic mass is 19.1. The number of nitrogens with zero attached hydrogens (tertiary/aromatic N) is 6. The number of benzene rings is 1. The average Bonchev–Trinajstić information content (AvgIpc) is 3.43. The minimum Gasteiger partial charge on any atom is -0.481 e. The van der Waals surface area contributed by atoms with Gasteiger partial charge in [0, 0.05) is 50.6 Å². The van der Waals surface area contributed by atoms with Crippen molar-refractivity contribution in [2.45, 2.75) is 89.6 Å². The minimum atomic E-state index is -0.652. The molecule has 246 valence electrons. The number of aromatic nitrogens is 4. The Morgan fingerprint density at radius 2 is 2.04 bits per heavy atom. The van der Waals surface area contributed by atoms with Crippen molar-refractivity contribution in [3.05, 3.63) is 64.9 Å². The predicted octanol–water partition coefficient (Wildman–Crippen LogP) is 5.98. The number of piperidine rings is 1. The van der Waals surface area contributed by atoms with Crippen molar-refractivity contribution >= 4 is 17.7 Å². The number of fused-ring (bicyclic) bond motifs is 1. The summed E-state index contributed by atoms with van der Waals surface area (Å²) in [5, 5.41) is 18.2. The van der Waals surface area contributed by atoms with Crippen LogP contribution in [0, 0.1) is 22.6 Å². The van der Waals surface area contributed by atoms with E-state index in [9.17, 15) is 14.3 Å². The third kappa shape index (κ3) is 5.56. The highest BCUT2D eigenvalue weighted by Crippen LogP contribution is 2.75. The van der Waals surface area contributed by atoms with E-state index in [2.05, 4.69) is 47.3 Å². The van der Waals surface area contributed by atoms with E-state index in [0.717, 1.165) is 92.8 Å². The highest BCUT2D eigenvalue weighted by molar-refractivity contribution is 5.79. The number of carboxylic acid groups (broad SMARTS) is 1. The number of halogens is 1. The molecule has 1 aromatic carbocycles. The molecule has 2 bridgehead atoms. The van der Waals surface area contributed by atoms with Crippen molar-refractivity contribution in [1.82, 2.24) is 24.6 Å². The van der Waals surface area contributed by atoms with Crippen LogP contribution in [0.2, 0.25) is 0 Å². The Balaban J connectivity index is 1.23. The summed E-state index contributed by atoms with van der Waals surface area (Å²) >= 11 is 0. The predicted molar refractivity (Wildman–Crippen MR) is 176 cm³/mol. The molecule has 2 aromatic heterocycles. The van der Waals surface area contributed by atoms with Crippen molar-refractivity contribution in [2.75, 3.05) is 36.9 Å². The summed E-state index contributed by atoms with van der Waals surface area (Å²) in [4.78, 5) is 27.2. The van der Waals surface area contributed by atoms with Crippen LogP contribution < -0.4 is 10.2 Å². The van der Waals surface area contributed by atoms with Crippen molar-refractivity contribution in [2.24, 2.45) is 23.8 Å². The van der Waals surface area contributed by atoms with Crippen LogP contribution in [0.25, 0.3) is 0 Å². The molecular formula is C36H48FN7O2. The number of anilines is 2. The van der Waals surface area contributed by atoms with Crippen LogP contribution in [0.3, 0.4) is 0 Å². The molecule has 1 saturated heterocycles. The van der Waals surface area contributed by atoms with Crippen molar-refractivity contribution in [3.8, 4) is 0 Å². The van der Waals surface area contributed by atoms with E-state index in [0.29, 0.717) is 11.9 Å². The molecule has 4 aliphatic carbocycles. The number of hydrogen-bond acceptors (Lipinski definition) is 7. The lowest BCUT2D eigenvalue weighted by atomic mass is 9.33. The number of nitrogens with one attached hydrogen (secondary N) is 1. The molecule has 8 rings (SSSR count). The van der Waals surface area contributed by atoms with Crippen molar-refractivity contribution in [3.63, 3.8) is 0 Å². The van der Waals surface area contributed by atoms with E-state index in [-0.39, 0.29) is 29.2 Å². The zero-order valence-corrected chi connectivity index (χ0v) is 27.7. The van der Waals surface area contributed by atoms with Gasteiger partial charge >= 0.3 is 5.97 Å². The molecule has 3 heterocycles. The Hall–Kier alpha value is -3.53. The number of carboxylic acids is 1. The van der Waals surface area contributed by atoms with Crippen LogP contribution in [0.5, 0.6) is 0 Å². The molecule has 0 spiro atoms. The van der Waals surface area contributed by atoms with Gasteiger partial charge in [0.05, 0.1) is 23.3 Å². The van der Waals surface area contributed by atoms with Gasteiger partial charge in [0.15, 0.2) is 0 Å². The number of hydrogen-bond donors (Lipinski definition) is 2. The third-order valence-corrected chi connectivity index (χ3v) is 11.6. The Labute approximate surface area is 271 Å². The summed E-state index contributed by atoms with van der Waals surface area (Å²) in [6.45, 7) is 7.54. The average molecular weight is 630 g/mol. The molecule has 0 radical (unpaired) electrons. The molecule has 3 saturated carbocycles. The van der Waals surface area contributed by atoms with E-state index >= 15 is 0 Å². The van der Waals surface area contributed by atoms with Crippen molar-refractivity contribution in [1.29, 1.82) is 0 Å². The smallest absolute Gasteiger partial charge is 0.309 e. The first-order chi connectivity index (χ1) is 22.1. The molecule has 10 heteroatoms. The summed E-state index contributed by atoms with van der Waals surface area (Å²) in [5.41, 5.74) is 3.80. The van der Waals surface area contributed by atoms with E-state index < -0.39 is 11.4 Å². The second kappa shape index (κ2) is 11.9. The number of likely N-dealkylation sites (tertiary alicyclic amines) is 1. The minimum absolute atomic E-state index is 0.0132. The first kappa shape index (κ1) is 31.1. The second-order valence-corrected chi connectivity index (χ2v) is 15.0. The largest absolute Gasteiger partial charge is 0.481 e. The first-order valence-electron chi connectivity index (χ1n) is 17.2. The van der Waals surface area contributed by atoms with Crippen molar-refractivity contribution < 1.29 is 14.3 Å². The lowest BCUT2D eigenvalue weighted by molar-refractivity contribution is -0.230.